The van der Waals surface area contributed by atoms with Gasteiger partial charge in [-0.25, -0.2) is 0 Å². The number of hydrogen-bond donors (Lipinski definition) is 6. The molecule has 10 nitrogen and oxygen atoms in total. The molecule has 0 saturated heterocycles. The molecule has 31 heavy (non-hydrogen) atoms. The quantitative estimate of drug-likeness (QED) is 0.0920. The topological polar surface area (TPSA) is 134 Å². The molecule has 0 radical (unpaired) electrons. The summed E-state index contributed by atoms with van der Waals surface area (Å²) in [4.78, 5) is 8.63. The molecular weight excluding hydrogens is 404 g/mol. The molecule has 0 aliphatic rings. The Kier molecular flexibility index (Phi) is 22.5. The molecule has 0 heterocycles. The van der Waals surface area contributed by atoms with E-state index >= 15 is 0 Å². The lowest BCUT2D eigenvalue weighted by Crippen LogP contribution is -2.40. The van der Waals surface area contributed by atoms with Gasteiger partial charge in [0.05, 0.1) is 33.0 Å². The molecule has 0 bridgehead atoms. The van der Waals surface area contributed by atoms with Crippen molar-refractivity contribution in [2.45, 2.75) is 19.3 Å². The zero-order valence-corrected chi connectivity index (χ0v) is 19.3. The minimum Gasteiger partial charge on any atom is -0.396 e. The number of hydrogen-bond acceptors (Lipinski definition) is 10. The molecule has 0 rings (SSSR count). The van der Waals surface area contributed by atoms with Gasteiger partial charge >= 0.3 is 0 Å². The smallest absolute Gasteiger partial charge is 0.0558 e. The minimum atomic E-state index is 0.0776. The summed E-state index contributed by atoms with van der Waals surface area (Å²) in [5.41, 5.74) is 0. The molecule has 0 spiro atoms. The Bertz CT molecular complexity index is 359. The predicted octanol–water partition coefficient (Wildman–Crippen LogP) is -2.68. The van der Waals surface area contributed by atoms with Gasteiger partial charge in [-0.05, 0) is 45.4 Å². The van der Waals surface area contributed by atoms with Gasteiger partial charge in [-0.3, -0.25) is 14.7 Å². The molecule has 188 valence electrons. The summed E-state index contributed by atoms with van der Waals surface area (Å²) in [6.07, 6.45) is 2.53. The van der Waals surface area contributed by atoms with Crippen molar-refractivity contribution in [2.75, 3.05) is 118 Å². The highest BCUT2D eigenvalue weighted by molar-refractivity contribution is 4.67. The number of aliphatic hydroxyl groups is 6. The number of nitrogens with zero attached hydrogens (tertiary/aromatic N) is 4. The predicted molar refractivity (Wildman–Crippen MR) is 122 cm³/mol. The maximum absolute atomic E-state index is 9.41. The Morgan fingerprint density at radius 3 is 0.806 bits per heavy atom. The van der Waals surface area contributed by atoms with E-state index in [2.05, 4.69) is 9.80 Å². The van der Waals surface area contributed by atoms with Crippen molar-refractivity contribution >= 4 is 0 Å². The van der Waals surface area contributed by atoms with Gasteiger partial charge in [0, 0.05) is 59.0 Å². The van der Waals surface area contributed by atoms with Crippen LogP contribution in [-0.4, -0.2) is 168 Å². The van der Waals surface area contributed by atoms with Gasteiger partial charge in [0.1, 0.15) is 0 Å². The van der Waals surface area contributed by atoms with Gasteiger partial charge in [-0.1, -0.05) is 0 Å². The molecule has 0 aromatic carbocycles. The fourth-order valence-electron chi connectivity index (χ4n) is 3.66. The van der Waals surface area contributed by atoms with Crippen LogP contribution in [-0.2, 0) is 0 Å². The molecule has 0 fully saturated rings. The molecule has 0 aromatic rings. The fraction of sp³-hybridized carbons (Fsp3) is 1.00. The molecule has 0 atom stereocenters. The summed E-state index contributed by atoms with van der Waals surface area (Å²) < 4.78 is 0. The van der Waals surface area contributed by atoms with Crippen molar-refractivity contribution < 1.29 is 30.6 Å². The lowest BCUT2D eigenvalue weighted by atomic mass is 10.3. The third-order valence-electron chi connectivity index (χ3n) is 5.34. The lowest BCUT2D eigenvalue weighted by molar-refractivity contribution is 0.133. The maximum atomic E-state index is 9.41. The van der Waals surface area contributed by atoms with Crippen LogP contribution >= 0.6 is 0 Å². The Balaban J connectivity index is 4.46. The molecule has 0 amide bonds. The summed E-state index contributed by atoms with van der Waals surface area (Å²) in [6.45, 7) is 9.20. The third kappa shape index (κ3) is 17.8. The van der Waals surface area contributed by atoms with E-state index in [1.807, 2.05) is 9.80 Å². The second-order valence-corrected chi connectivity index (χ2v) is 7.77. The highest BCUT2D eigenvalue weighted by Crippen LogP contribution is 2.01. The normalized spacial score (nSPS) is 12.2. The van der Waals surface area contributed by atoms with Crippen molar-refractivity contribution in [3.05, 3.63) is 0 Å². The summed E-state index contributed by atoms with van der Waals surface area (Å²) in [5, 5.41) is 55.1. The van der Waals surface area contributed by atoms with Crippen LogP contribution in [0.4, 0.5) is 0 Å². The van der Waals surface area contributed by atoms with Crippen LogP contribution in [0.3, 0.4) is 0 Å². The van der Waals surface area contributed by atoms with Gasteiger partial charge < -0.3 is 35.5 Å². The second kappa shape index (κ2) is 22.8. The Morgan fingerprint density at radius 2 is 0.516 bits per heavy atom. The van der Waals surface area contributed by atoms with E-state index in [9.17, 15) is 10.2 Å². The Hall–Kier alpha value is -0.400. The molecule has 0 aliphatic heterocycles. The van der Waals surface area contributed by atoms with Crippen LogP contribution in [0.15, 0.2) is 0 Å². The third-order valence-corrected chi connectivity index (χ3v) is 5.34. The average molecular weight is 453 g/mol. The first-order valence-electron chi connectivity index (χ1n) is 11.7. The molecule has 6 N–H and O–H groups in total. The molecule has 0 unspecified atom stereocenters. The second-order valence-electron chi connectivity index (χ2n) is 7.77. The van der Waals surface area contributed by atoms with Gasteiger partial charge in [0.2, 0.25) is 0 Å². The van der Waals surface area contributed by atoms with E-state index in [1.54, 1.807) is 0 Å². The molecule has 0 saturated carbocycles. The molecule has 10 heteroatoms. The Morgan fingerprint density at radius 1 is 0.258 bits per heavy atom. The van der Waals surface area contributed by atoms with Crippen LogP contribution in [0.2, 0.25) is 0 Å². The molecule has 0 aromatic heterocycles. The van der Waals surface area contributed by atoms with Crippen LogP contribution in [0.25, 0.3) is 0 Å². The highest BCUT2D eigenvalue weighted by atomic mass is 16.3. The van der Waals surface area contributed by atoms with E-state index in [1.165, 1.54) is 0 Å². The zero-order chi connectivity index (χ0) is 23.2. The van der Waals surface area contributed by atoms with Gasteiger partial charge in [-0.2, -0.15) is 0 Å². The van der Waals surface area contributed by atoms with Crippen LogP contribution < -0.4 is 0 Å². The summed E-state index contributed by atoms with van der Waals surface area (Å²) in [7, 11) is 0. The van der Waals surface area contributed by atoms with Crippen molar-refractivity contribution in [2.24, 2.45) is 0 Å². The van der Waals surface area contributed by atoms with E-state index < -0.39 is 0 Å². The standard InChI is InChI=1S/C21H48N4O6/c26-16-3-8-22(4-1-6-24(12-18-28)13-19-29)9-10-23(11-17-27)5-2-7-25(14-20-30)15-21-31/h26-31H,1-21H2. The van der Waals surface area contributed by atoms with Crippen molar-refractivity contribution in [3.63, 3.8) is 0 Å². The van der Waals surface area contributed by atoms with E-state index in [0.29, 0.717) is 39.1 Å². The monoisotopic (exact) mass is 452 g/mol. The van der Waals surface area contributed by atoms with Crippen molar-refractivity contribution in [1.29, 1.82) is 0 Å². The highest BCUT2D eigenvalue weighted by Gasteiger charge is 2.11. The SMILES string of the molecule is OCCCN(CCCN(CCO)CCO)CCN(CCO)CCCN(CCO)CCO. The first kappa shape index (κ1) is 30.6. The van der Waals surface area contributed by atoms with Crippen molar-refractivity contribution in [3.8, 4) is 0 Å². The summed E-state index contributed by atoms with van der Waals surface area (Å²) in [6, 6.07) is 0. The minimum absolute atomic E-state index is 0.0776. The average Bonchev–Trinajstić information content (AvgIpc) is 2.75. The number of rotatable bonds is 24. The largest absolute Gasteiger partial charge is 0.396 e. The van der Waals surface area contributed by atoms with Crippen LogP contribution in [0, 0.1) is 0 Å². The first-order chi connectivity index (χ1) is 15.1. The molecule has 0 aliphatic carbocycles. The van der Waals surface area contributed by atoms with Crippen LogP contribution in [0.1, 0.15) is 19.3 Å². The number of aliphatic hydroxyl groups excluding tert-OH is 6. The Labute approximate surface area is 188 Å². The fourth-order valence-corrected chi connectivity index (χ4v) is 3.66. The molecular formula is C21H48N4O6. The maximum Gasteiger partial charge on any atom is 0.0558 e. The van der Waals surface area contributed by atoms with Gasteiger partial charge in [0.15, 0.2) is 0 Å². The van der Waals surface area contributed by atoms with E-state index in [-0.39, 0.29) is 39.6 Å². The van der Waals surface area contributed by atoms with Gasteiger partial charge in [0.25, 0.3) is 0 Å². The zero-order valence-electron chi connectivity index (χ0n) is 19.3. The first-order valence-corrected chi connectivity index (χ1v) is 11.7. The summed E-state index contributed by atoms with van der Waals surface area (Å²) in [5.74, 6) is 0. The van der Waals surface area contributed by atoms with Crippen LogP contribution in [0.5, 0.6) is 0 Å². The van der Waals surface area contributed by atoms with E-state index in [4.69, 9.17) is 20.4 Å². The van der Waals surface area contributed by atoms with Gasteiger partial charge in [-0.15, -0.1) is 0 Å². The lowest BCUT2D eigenvalue weighted by Gasteiger charge is -2.29. The van der Waals surface area contributed by atoms with E-state index in [0.717, 1.165) is 58.7 Å². The summed E-state index contributed by atoms with van der Waals surface area (Å²) >= 11 is 0. The van der Waals surface area contributed by atoms with Crippen molar-refractivity contribution in [1.82, 2.24) is 19.6 Å².